The highest BCUT2D eigenvalue weighted by atomic mass is 32.1. The van der Waals surface area contributed by atoms with Crippen LogP contribution < -0.4 is 10.1 Å². The van der Waals surface area contributed by atoms with Crippen molar-refractivity contribution < 1.29 is 28.6 Å². The Balaban J connectivity index is 1.63. The van der Waals surface area contributed by atoms with E-state index >= 15 is 0 Å². The van der Waals surface area contributed by atoms with E-state index in [0.29, 0.717) is 11.4 Å². The fourth-order valence-corrected chi connectivity index (χ4v) is 3.78. The SMILES string of the molecule is CCOC(=O)c1sc(-c2ccccc2)cc1NC(=O)COC(=O)C(C)Oc1ccccc1. The molecule has 1 unspecified atom stereocenters. The number of carbonyl (C=O) groups excluding carboxylic acids is 3. The average Bonchev–Trinajstić information content (AvgIpc) is 3.22. The molecule has 0 aliphatic rings. The maximum atomic E-state index is 12.4. The Morgan fingerprint density at radius 1 is 0.969 bits per heavy atom. The fraction of sp³-hybridized carbons (Fsp3) is 0.208. The number of benzene rings is 2. The molecule has 32 heavy (non-hydrogen) atoms. The number of hydrogen-bond acceptors (Lipinski definition) is 7. The van der Waals surface area contributed by atoms with Crippen LogP contribution in [-0.4, -0.2) is 37.2 Å². The number of thiophene rings is 1. The van der Waals surface area contributed by atoms with E-state index in [1.54, 1.807) is 37.3 Å². The summed E-state index contributed by atoms with van der Waals surface area (Å²) < 4.78 is 15.7. The molecule has 0 aliphatic carbocycles. The highest BCUT2D eigenvalue weighted by Crippen LogP contribution is 2.35. The van der Waals surface area contributed by atoms with E-state index < -0.39 is 30.6 Å². The fourth-order valence-electron chi connectivity index (χ4n) is 2.77. The minimum Gasteiger partial charge on any atom is -0.479 e. The lowest BCUT2D eigenvalue weighted by Gasteiger charge is -2.13. The van der Waals surface area contributed by atoms with E-state index in [2.05, 4.69) is 5.32 Å². The van der Waals surface area contributed by atoms with E-state index in [-0.39, 0.29) is 11.5 Å². The molecule has 166 valence electrons. The van der Waals surface area contributed by atoms with Crippen molar-refractivity contribution in [2.24, 2.45) is 0 Å². The van der Waals surface area contributed by atoms with Crippen molar-refractivity contribution in [1.82, 2.24) is 0 Å². The molecule has 0 saturated heterocycles. The van der Waals surface area contributed by atoms with Crippen LogP contribution in [0.2, 0.25) is 0 Å². The second-order valence-electron chi connectivity index (χ2n) is 6.67. The van der Waals surface area contributed by atoms with Crippen LogP contribution >= 0.6 is 11.3 Å². The van der Waals surface area contributed by atoms with E-state index in [9.17, 15) is 14.4 Å². The number of rotatable bonds is 9. The summed E-state index contributed by atoms with van der Waals surface area (Å²) in [6.45, 7) is 2.94. The maximum absolute atomic E-state index is 12.4. The Morgan fingerprint density at radius 3 is 2.28 bits per heavy atom. The smallest absolute Gasteiger partial charge is 0.350 e. The first-order valence-electron chi connectivity index (χ1n) is 10.0. The molecular weight excluding hydrogens is 430 g/mol. The van der Waals surface area contributed by atoms with Gasteiger partial charge in [0, 0.05) is 4.88 Å². The molecule has 3 rings (SSSR count). The van der Waals surface area contributed by atoms with Gasteiger partial charge >= 0.3 is 11.9 Å². The van der Waals surface area contributed by atoms with Gasteiger partial charge in [-0.1, -0.05) is 48.5 Å². The Hall–Kier alpha value is -3.65. The van der Waals surface area contributed by atoms with Crippen molar-refractivity contribution in [2.75, 3.05) is 18.5 Å². The molecule has 8 heteroatoms. The molecule has 3 aromatic rings. The molecule has 0 spiro atoms. The Bertz CT molecular complexity index is 1060. The zero-order valence-electron chi connectivity index (χ0n) is 17.7. The summed E-state index contributed by atoms with van der Waals surface area (Å²) in [7, 11) is 0. The van der Waals surface area contributed by atoms with Crippen molar-refractivity contribution in [2.45, 2.75) is 20.0 Å². The third-order valence-corrected chi connectivity index (χ3v) is 5.42. The second kappa shape index (κ2) is 11.1. The van der Waals surface area contributed by atoms with Gasteiger partial charge in [0.05, 0.1) is 12.3 Å². The van der Waals surface area contributed by atoms with Crippen LogP contribution in [0.5, 0.6) is 5.75 Å². The minimum absolute atomic E-state index is 0.210. The molecule has 7 nitrogen and oxygen atoms in total. The third-order valence-electron chi connectivity index (χ3n) is 4.26. The zero-order chi connectivity index (χ0) is 22.9. The summed E-state index contributed by atoms with van der Waals surface area (Å²) in [5, 5.41) is 2.64. The van der Waals surface area contributed by atoms with E-state index in [0.717, 1.165) is 10.4 Å². The van der Waals surface area contributed by atoms with Crippen molar-refractivity contribution in [3.63, 3.8) is 0 Å². The molecule has 1 N–H and O–H groups in total. The van der Waals surface area contributed by atoms with Gasteiger partial charge in [0.2, 0.25) is 0 Å². The van der Waals surface area contributed by atoms with Crippen molar-refractivity contribution in [3.8, 4) is 16.2 Å². The molecule has 1 aromatic heterocycles. The van der Waals surface area contributed by atoms with Gasteiger partial charge < -0.3 is 19.5 Å². The van der Waals surface area contributed by atoms with E-state index in [1.807, 2.05) is 36.4 Å². The molecule has 0 aliphatic heterocycles. The summed E-state index contributed by atoms with van der Waals surface area (Å²) in [5.41, 5.74) is 1.21. The van der Waals surface area contributed by atoms with Gasteiger partial charge in [-0.25, -0.2) is 9.59 Å². The van der Waals surface area contributed by atoms with Crippen molar-refractivity contribution >= 4 is 34.9 Å². The largest absolute Gasteiger partial charge is 0.479 e. The van der Waals surface area contributed by atoms with Crippen LogP contribution in [0.4, 0.5) is 5.69 Å². The summed E-state index contributed by atoms with van der Waals surface area (Å²) >= 11 is 1.22. The van der Waals surface area contributed by atoms with Gasteiger partial charge in [-0.05, 0) is 37.6 Å². The van der Waals surface area contributed by atoms with Crippen LogP contribution in [-0.2, 0) is 19.1 Å². The first kappa shape index (κ1) is 23.0. The number of amides is 1. The predicted octanol–water partition coefficient (Wildman–Crippen LogP) is 4.54. The number of para-hydroxylation sites is 1. The quantitative estimate of drug-likeness (QED) is 0.478. The molecule has 2 aromatic carbocycles. The Kier molecular flexibility index (Phi) is 7.99. The molecule has 1 amide bonds. The number of hydrogen-bond donors (Lipinski definition) is 1. The standard InChI is InChI=1S/C24H23NO6S/c1-3-29-24(28)22-19(14-20(32-22)17-10-6-4-7-11-17)25-21(26)15-30-23(27)16(2)31-18-12-8-5-9-13-18/h4-14,16H,3,15H2,1-2H3,(H,25,26). The maximum Gasteiger partial charge on any atom is 0.350 e. The molecule has 0 radical (unpaired) electrons. The number of anilines is 1. The van der Waals surface area contributed by atoms with Gasteiger partial charge in [0.25, 0.3) is 5.91 Å². The molecule has 0 fully saturated rings. The van der Waals surface area contributed by atoms with Gasteiger partial charge in [-0.2, -0.15) is 0 Å². The van der Waals surface area contributed by atoms with Gasteiger partial charge in [0.1, 0.15) is 10.6 Å². The first-order valence-corrected chi connectivity index (χ1v) is 10.8. The lowest BCUT2D eigenvalue weighted by Crippen LogP contribution is -2.29. The van der Waals surface area contributed by atoms with Crippen LogP contribution in [0.1, 0.15) is 23.5 Å². The summed E-state index contributed by atoms with van der Waals surface area (Å²) in [6, 6.07) is 20.0. The monoisotopic (exact) mass is 453 g/mol. The summed E-state index contributed by atoms with van der Waals surface area (Å²) in [4.78, 5) is 38.0. The minimum atomic E-state index is -0.883. The lowest BCUT2D eigenvalue weighted by molar-refractivity contribution is -0.153. The number of ether oxygens (including phenoxy) is 3. The normalized spacial score (nSPS) is 11.3. The third kappa shape index (κ3) is 6.18. The molecule has 0 saturated carbocycles. The highest BCUT2D eigenvalue weighted by molar-refractivity contribution is 7.18. The number of esters is 2. The van der Waals surface area contributed by atoms with Gasteiger partial charge in [-0.15, -0.1) is 11.3 Å². The van der Waals surface area contributed by atoms with Crippen LogP contribution in [0, 0.1) is 0 Å². The Morgan fingerprint density at radius 2 is 1.62 bits per heavy atom. The highest BCUT2D eigenvalue weighted by Gasteiger charge is 2.22. The van der Waals surface area contributed by atoms with Crippen molar-refractivity contribution in [3.05, 3.63) is 71.6 Å². The molecular formula is C24H23NO6S. The molecule has 1 atom stereocenters. The van der Waals surface area contributed by atoms with Crippen LogP contribution in [0.3, 0.4) is 0 Å². The topological polar surface area (TPSA) is 90.9 Å². The second-order valence-corrected chi connectivity index (χ2v) is 7.72. The molecule has 0 bridgehead atoms. The average molecular weight is 454 g/mol. The van der Waals surface area contributed by atoms with E-state index in [4.69, 9.17) is 14.2 Å². The van der Waals surface area contributed by atoms with Crippen LogP contribution in [0.25, 0.3) is 10.4 Å². The number of carbonyl (C=O) groups is 3. The predicted molar refractivity (Wildman–Crippen MR) is 122 cm³/mol. The van der Waals surface area contributed by atoms with Crippen LogP contribution in [0.15, 0.2) is 66.7 Å². The zero-order valence-corrected chi connectivity index (χ0v) is 18.5. The Labute approximate surface area is 189 Å². The van der Waals surface area contributed by atoms with E-state index in [1.165, 1.54) is 18.3 Å². The van der Waals surface area contributed by atoms with Crippen molar-refractivity contribution in [1.29, 1.82) is 0 Å². The van der Waals surface area contributed by atoms with Gasteiger partial charge in [0.15, 0.2) is 12.7 Å². The lowest BCUT2D eigenvalue weighted by atomic mass is 10.2. The number of nitrogens with one attached hydrogen (secondary N) is 1. The summed E-state index contributed by atoms with van der Waals surface area (Å²) in [5.74, 6) is -1.26. The summed E-state index contributed by atoms with van der Waals surface area (Å²) in [6.07, 6.45) is -0.883. The van der Waals surface area contributed by atoms with Gasteiger partial charge in [-0.3, -0.25) is 4.79 Å². The molecule has 1 heterocycles. The first-order chi connectivity index (χ1) is 15.5.